The van der Waals surface area contributed by atoms with Gasteiger partial charge in [-0.2, -0.15) is 0 Å². The molecule has 1 amide bonds. The molecule has 1 saturated heterocycles. The summed E-state index contributed by atoms with van der Waals surface area (Å²) in [5.41, 5.74) is 8.03. The molecule has 1 aromatic heterocycles. The van der Waals surface area contributed by atoms with Crippen molar-refractivity contribution in [2.45, 2.75) is 25.3 Å². The lowest BCUT2D eigenvalue weighted by atomic mass is 10.0. The molecule has 1 saturated carbocycles. The van der Waals surface area contributed by atoms with Gasteiger partial charge in [-0.3, -0.25) is 9.69 Å². The largest absolute Gasteiger partial charge is 0.396 e. The lowest BCUT2D eigenvalue weighted by molar-refractivity contribution is 0.0407. The minimum absolute atomic E-state index is 0.0442. The number of amides is 1. The average molecular weight is 381 g/mol. The minimum Gasteiger partial charge on any atom is -0.396 e. The van der Waals surface area contributed by atoms with E-state index in [9.17, 15) is 9.90 Å². The molecule has 2 heterocycles. The van der Waals surface area contributed by atoms with E-state index in [-0.39, 0.29) is 18.6 Å². The van der Waals surface area contributed by atoms with E-state index in [4.69, 9.17) is 5.73 Å². The zero-order valence-corrected chi connectivity index (χ0v) is 16.0. The Morgan fingerprint density at radius 2 is 1.96 bits per heavy atom. The summed E-state index contributed by atoms with van der Waals surface area (Å²) in [5.74, 6) is 1.28. The van der Waals surface area contributed by atoms with Crippen LogP contribution in [0.2, 0.25) is 0 Å². The number of hydrogen-bond acceptors (Lipinski definition) is 6. The van der Waals surface area contributed by atoms with Crippen LogP contribution >= 0.6 is 0 Å². The van der Waals surface area contributed by atoms with Crippen molar-refractivity contribution in [2.24, 2.45) is 5.92 Å². The van der Waals surface area contributed by atoms with Crippen LogP contribution in [-0.2, 0) is 0 Å². The highest BCUT2D eigenvalue weighted by Crippen LogP contribution is 2.31. The van der Waals surface area contributed by atoms with Crippen LogP contribution in [0.1, 0.15) is 29.6 Å². The second-order valence-electron chi connectivity index (χ2n) is 7.76. The van der Waals surface area contributed by atoms with Crippen LogP contribution in [-0.4, -0.2) is 69.6 Å². The third-order valence-electron chi connectivity index (χ3n) is 5.66. The maximum absolute atomic E-state index is 13.0. The van der Waals surface area contributed by atoms with Crippen molar-refractivity contribution in [3.8, 4) is 11.3 Å². The molecule has 0 bridgehead atoms. The number of anilines is 1. The Hall–Kier alpha value is -2.51. The van der Waals surface area contributed by atoms with Gasteiger partial charge in [0.25, 0.3) is 5.91 Å². The van der Waals surface area contributed by atoms with Crippen molar-refractivity contribution < 1.29 is 9.90 Å². The standard InChI is InChI=1S/C21H27N5O2/c22-20-11-19(23-14-24-20)16-3-5-17(6-4-16)21(28)26-9-8-25(12-15-1-2-15)18(13-26)7-10-27/h3-6,11,14-15,18,27H,1-2,7-10,12-13H2,(H2,22,23,24). The van der Waals surface area contributed by atoms with Gasteiger partial charge in [0.05, 0.1) is 5.69 Å². The van der Waals surface area contributed by atoms with E-state index in [0.29, 0.717) is 24.3 Å². The molecule has 0 spiro atoms. The van der Waals surface area contributed by atoms with E-state index in [2.05, 4.69) is 14.9 Å². The monoisotopic (exact) mass is 381 g/mol. The predicted octanol–water partition coefficient (Wildman–Crippen LogP) is 1.64. The first kappa shape index (κ1) is 18.8. The number of carbonyl (C=O) groups excluding carboxylic acids is 1. The van der Waals surface area contributed by atoms with Gasteiger partial charge in [-0.15, -0.1) is 0 Å². The third kappa shape index (κ3) is 4.31. The summed E-state index contributed by atoms with van der Waals surface area (Å²) in [5, 5.41) is 9.44. The van der Waals surface area contributed by atoms with Crippen LogP contribution in [0, 0.1) is 5.92 Å². The molecule has 7 nitrogen and oxygen atoms in total. The molecule has 0 radical (unpaired) electrons. The summed E-state index contributed by atoms with van der Waals surface area (Å²) in [4.78, 5) is 25.5. The third-order valence-corrected chi connectivity index (χ3v) is 5.66. The fraction of sp³-hybridized carbons (Fsp3) is 0.476. The number of hydrogen-bond donors (Lipinski definition) is 2. The van der Waals surface area contributed by atoms with Gasteiger partial charge in [0.15, 0.2) is 0 Å². The molecule has 28 heavy (non-hydrogen) atoms. The number of nitrogens with zero attached hydrogens (tertiary/aromatic N) is 4. The highest BCUT2D eigenvalue weighted by atomic mass is 16.3. The van der Waals surface area contributed by atoms with E-state index in [0.717, 1.165) is 36.8 Å². The second-order valence-corrected chi connectivity index (χ2v) is 7.76. The van der Waals surface area contributed by atoms with Crippen molar-refractivity contribution in [3.63, 3.8) is 0 Å². The summed E-state index contributed by atoms with van der Waals surface area (Å²) in [7, 11) is 0. The van der Waals surface area contributed by atoms with Crippen LogP contribution in [0.3, 0.4) is 0 Å². The van der Waals surface area contributed by atoms with E-state index in [1.165, 1.54) is 19.2 Å². The Morgan fingerprint density at radius 3 is 2.64 bits per heavy atom. The molecule has 1 aliphatic heterocycles. The van der Waals surface area contributed by atoms with Crippen molar-refractivity contribution in [1.29, 1.82) is 0 Å². The lowest BCUT2D eigenvalue weighted by Gasteiger charge is -2.41. The molecule has 4 rings (SSSR count). The van der Waals surface area contributed by atoms with Gasteiger partial charge in [0.1, 0.15) is 12.1 Å². The van der Waals surface area contributed by atoms with Crippen molar-refractivity contribution in [2.75, 3.05) is 38.5 Å². The number of aliphatic hydroxyl groups excluding tert-OH is 1. The number of aromatic nitrogens is 2. The van der Waals surface area contributed by atoms with Crippen molar-refractivity contribution >= 4 is 11.7 Å². The van der Waals surface area contributed by atoms with Gasteiger partial charge in [-0.05, 0) is 37.3 Å². The van der Waals surface area contributed by atoms with Crippen LogP contribution in [0.4, 0.5) is 5.82 Å². The molecular formula is C21H27N5O2. The van der Waals surface area contributed by atoms with E-state index < -0.39 is 0 Å². The van der Waals surface area contributed by atoms with Gasteiger partial charge < -0.3 is 15.7 Å². The number of aliphatic hydroxyl groups is 1. The molecule has 1 aromatic carbocycles. The predicted molar refractivity (Wildman–Crippen MR) is 108 cm³/mol. The molecule has 2 aliphatic rings. The quantitative estimate of drug-likeness (QED) is 0.790. The first-order valence-corrected chi connectivity index (χ1v) is 9.96. The van der Waals surface area contributed by atoms with Gasteiger partial charge in [0.2, 0.25) is 0 Å². The topological polar surface area (TPSA) is 95.6 Å². The Kier molecular flexibility index (Phi) is 5.54. The number of carbonyl (C=O) groups is 1. The second kappa shape index (κ2) is 8.24. The number of piperazine rings is 1. The number of rotatable bonds is 6. The number of benzene rings is 1. The first-order valence-electron chi connectivity index (χ1n) is 9.96. The molecule has 1 unspecified atom stereocenters. The van der Waals surface area contributed by atoms with E-state index in [1.807, 2.05) is 29.2 Å². The van der Waals surface area contributed by atoms with E-state index >= 15 is 0 Å². The molecule has 2 aromatic rings. The van der Waals surface area contributed by atoms with Gasteiger partial charge in [-0.1, -0.05) is 12.1 Å². The Morgan fingerprint density at radius 1 is 1.18 bits per heavy atom. The Balaban J connectivity index is 1.43. The maximum Gasteiger partial charge on any atom is 0.253 e. The fourth-order valence-corrected chi connectivity index (χ4v) is 3.87. The van der Waals surface area contributed by atoms with Crippen LogP contribution in [0.25, 0.3) is 11.3 Å². The highest BCUT2D eigenvalue weighted by molar-refractivity contribution is 5.94. The SMILES string of the molecule is Nc1cc(-c2ccc(C(=O)N3CCN(CC4CC4)C(CCO)C3)cc2)ncn1. The average Bonchev–Trinajstić information content (AvgIpc) is 3.53. The molecular weight excluding hydrogens is 354 g/mol. The summed E-state index contributed by atoms with van der Waals surface area (Å²) < 4.78 is 0. The first-order chi connectivity index (χ1) is 13.6. The number of nitrogen functional groups attached to an aromatic ring is 1. The summed E-state index contributed by atoms with van der Waals surface area (Å²) in [6, 6.07) is 9.43. The molecule has 1 atom stereocenters. The summed E-state index contributed by atoms with van der Waals surface area (Å²) in [6.07, 6.45) is 4.78. The van der Waals surface area contributed by atoms with Crippen molar-refractivity contribution in [3.05, 3.63) is 42.2 Å². The smallest absolute Gasteiger partial charge is 0.253 e. The zero-order valence-electron chi connectivity index (χ0n) is 16.0. The maximum atomic E-state index is 13.0. The van der Waals surface area contributed by atoms with Crippen LogP contribution in [0.15, 0.2) is 36.7 Å². The molecule has 2 fully saturated rings. The number of nitrogens with two attached hydrogens (primary N) is 1. The van der Waals surface area contributed by atoms with Gasteiger partial charge in [0, 0.05) is 56.0 Å². The zero-order chi connectivity index (χ0) is 19.5. The van der Waals surface area contributed by atoms with E-state index in [1.54, 1.807) is 6.07 Å². The highest BCUT2D eigenvalue weighted by Gasteiger charge is 2.33. The minimum atomic E-state index is 0.0442. The van der Waals surface area contributed by atoms with Crippen molar-refractivity contribution in [1.82, 2.24) is 19.8 Å². The van der Waals surface area contributed by atoms with Gasteiger partial charge >= 0.3 is 0 Å². The molecule has 1 aliphatic carbocycles. The van der Waals surface area contributed by atoms with Crippen LogP contribution < -0.4 is 5.73 Å². The van der Waals surface area contributed by atoms with Crippen LogP contribution in [0.5, 0.6) is 0 Å². The molecule has 7 heteroatoms. The summed E-state index contributed by atoms with van der Waals surface area (Å²) >= 11 is 0. The summed E-state index contributed by atoms with van der Waals surface area (Å²) in [6.45, 7) is 3.55. The molecule has 148 valence electrons. The van der Waals surface area contributed by atoms with Gasteiger partial charge in [-0.25, -0.2) is 9.97 Å². The Bertz CT molecular complexity index is 822. The normalized spacial score (nSPS) is 20.3. The lowest BCUT2D eigenvalue weighted by Crippen LogP contribution is -2.55. The molecule has 3 N–H and O–H groups in total. The Labute approximate surface area is 165 Å². The fourth-order valence-electron chi connectivity index (χ4n) is 3.87.